The number of hydrogen-bond donors (Lipinski definition) is 11. The Morgan fingerprint density at radius 1 is 0.703 bits per heavy atom. The maximum atomic E-state index is 12.8. The summed E-state index contributed by atoms with van der Waals surface area (Å²) in [5, 5.41) is 121. The van der Waals surface area contributed by atoms with Crippen LogP contribution in [0.5, 0.6) is 0 Å². The van der Waals surface area contributed by atoms with E-state index in [0.717, 1.165) is 25.7 Å². The Bertz CT molecular complexity index is 1740. The van der Waals surface area contributed by atoms with Gasteiger partial charge in [-0.25, -0.2) is 0 Å². The third-order valence-electron chi connectivity index (χ3n) is 17.9. The lowest BCUT2D eigenvalue weighted by atomic mass is 9.46. The number of aliphatic hydroxyl groups excluding tert-OH is 9. The second-order valence-electron chi connectivity index (χ2n) is 21.6. The van der Waals surface area contributed by atoms with Gasteiger partial charge in [0, 0.05) is 17.8 Å². The maximum absolute atomic E-state index is 12.8. The van der Waals surface area contributed by atoms with Gasteiger partial charge in [0.15, 0.2) is 18.9 Å². The minimum absolute atomic E-state index is 0.0129. The van der Waals surface area contributed by atoms with Crippen LogP contribution < -0.4 is 0 Å². The molecule has 0 radical (unpaired) electrons. The van der Waals surface area contributed by atoms with Crippen LogP contribution in [0.25, 0.3) is 0 Å². The van der Waals surface area contributed by atoms with Crippen LogP contribution in [-0.2, 0) is 37.9 Å². The van der Waals surface area contributed by atoms with Crippen LogP contribution in [0.4, 0.5) is 0 Å². The summed E-state index contributed by atoms with van der Waals surface area (Å²) >= 11 is 0. The van der Waals surface area contributed by atoms with Gasteiger partial charge in [-0.15, -0.1) is 0 Å². The number of rotatable bonds is 7. The van der Waals surface area contributed by atoms with Crippen molar-refractivity contribution in [1.29, 1.82) is 0 Å². The van der Waals surface area contributed by atoms with Crippen molar-refractivity contribution in [3.63, 3.8) is 0 Å². The van der Waals surface area contributed by atoms with E-state index in [9.17, 15) is 56.2 Å². The molecule has 0 amide bonds. The number of fused-ring (bicyclic) bond motifs is 7. The number of allylic oxidation sites excluding steroid dienone is 1. The standard InChI is InChI=1S/C45H72O19/c1-18-29(48)30(49)33(52)38(58-18)62-36-19(2)59-39(34(53)31(36)50)63-37-26(16-46)61-40(35(54)32(37)51)60-22-9-11-42(5)21(13-22)7-8-23-24(42)10-12-43(6)25(23)14-28-44(43,56)20(3)45(64-28)27(47)15-41(4,55)17-57-45/h7,18-20,22-40,46-56H,8-17H2,1-6H3/t18-,19-,20-,22-,23+,24-,25-,26+,27-,28-,29-,30+,31-,32+,33+,34+,35+,36-,37+,38-,39-,40+,41-,42-,43-,44+,45-/m0/s1. The molecule has 0 bridgehead atoms. The molecule has 5 aliphatic heterocycles. The number of hydrogen-bond acceptors (Lipinski definition) is 19. The zero-order valence-electron chi connectivity index (χ0n) is 37.5. The lowest BCUT2D eigenvalue weighted by Gasteiger charge is -2.60. The lowest BCUT2D eigenvalue weighted by molar-refractivity contribution is -0.376. The van der Waals surface area contributed by atoms with Crippen molar-refractivity contribution in [2.75, 3.05) is 13.2 Å². The first-order valence-electron chi connectivity index (χ1n) is 23.5. The predicted octanol–water partition coefficient (Wildman–Crippen LogP) is -1.56. The highest BCUT2D eigenvalue weighted by Gasteiger charge is 2.78. The maximum Gasteiger partial charge on any atom is 0.200 e. The predicted molar refractivity (Wildman–Crippen MR) is 217 cm³/mol. The molecular formula is C45H72O19. The van der Waals surface area contributed by atoms with Gasteiger partial charge in [0.2, 0.25) is 5.79 Å². The topological polar surface area (TPSA) is 296 Å². The number of aliphatic hydroxyl groups is 11. The zero-order valence-corrected chi connectivity index (χ0v) is 37.5. The molecule has 9 rings (SSSR count). The highest BCUT2D eigenvalue weighted by molar-refractivity contribution is 5.29. The summed E-state index contributed by atoms with van der Waals surface area (Å²) in [5.74, 6) is -1.08. The van der Waals surface area contributed by atoms with Gasteiger partial charge in [-0.2, -0.15) is 0 Å². The van der Waals surface area contributed by atoms with Crippen molar-refractivity contribution < 1.29 is 94.1 Å². The normalized spacial score (nSPS) is 59.7. The Morgan fingerprint density at radius 2 is 1.33 bits per heavy atom. The highest BCUT2D eigenvalue weighted by Crippen LogP contribution is 2.72. The van der Waals surface area contributed by atoms with Crippen molar-refractivity contribution in [3.05, 3.63) is 11.6 Å². The average molecular weight is 917 g/mol. The molecule has 1 spiro atoms. The summed E-state index contributed by atoms with van der Waals surface area (Å²) in [4.78, 5) is 0. The Balaban J connectivity index is 0.820. The fourth-order valence-corrected chi connectivity index (χ4v) is 14.1. The van der Waals surface area contributed by atoms with Gasteiger partial charge >= 0.3 is 0 Å². The second kappa shape index (κ2) is 16.8. The van der Waals surface area contributed by atoms with Crippen LogP contribution in [0.2, 0.25) is 0 Å². The molecule has 8 fully saturated rings. The summed E-state index contributed by atoms with van der Waals surface area (Å²) in [6.07, 6.45) is -16.0. The van der Waals surface area contributed by atoms with Crippen LogP contribution in [0.1, 0.15) is 92.9 Å². The molecule has 4 aliphatic carbocycles. The van der Waals surface area contributed by atoms with Gasteiger partial charge in [-0.05, 0) is 88.9 Å². The lowest BCUT2D eigenvalue weighted by Crippen LogP contribution is -2.65. The Hall–Kier alpha value is -1.02. The second-order valence-corrected chi connectivity index (χ2v) is 21.6. The molecule has 0 unspecified atom stereocenters. The fourth-order valence-electron chi connectivity index (χ4n) is 14.1. The van der Waals surface area contributed by atoms with Crippen molar-refractivity contribution in [3.8, 4) is 0 Å². The van der Waals surface area contributed by atoms with Crippen molar-refractivity contribution in [2.24, 2.45) is 34.5 Å². The Kier molecular flexibility index (Phi) is 12.6. The molecule has 366 valence electrons. The number of ether oxygens (including phenoxy) is 8. The van der Waals surface area contributed by atoms with Crippen LogP contribution in [-0.4, -0.2) is 197 Å². The van der Waals surface area contributed by atoms with Crippen LogP contribution in [0.3, 0.4) is 0 Å². The monoisotopic (exact) mass is 916 g/mol. The summed E-state index contributed by atoms with van der Waals surface area (Å²) in [6.45, 7) is 10.4. The van der Waals surface area contributed by atoms with Gasteiger partial charge in [0.05, 0.1) is 43.2 Å². The minimum Gasteiger partial charge on any atom is -0.394 e. The molecule has 64 heavy (non-hydrogen) atoms. The third-order valence-corrected chi connectivity index (χ3v) is 17.9. The molecular weight excluding hydrogens is 844 g/mol. The van der Waals surface area contributed by atoms with E-state index in [2.05, 4.69) is 19.9 Å². The fraction of sp³-hybridized carbons (Fsp3) is 0.956. The molecule has 5 heterocycles. The molecule has 19 heteroatoms. The van der Waals surface area contributed by atoms with Crippen LogP contribution >= 0.6 is 0 Å². The van der Waals surface area contributed by atoms with Gasteiger partial charge in [-0.1, -0.05) is 32.4 Å². The van der Waals surface area contributed by atoms with Gasteiger partial charge in [0.1, 0.15) is 72.7 Å². The van der Waals surface area contributed by atoms with Crippen LogP contribution in [0.15, 0.2) is 11.6 Å². The molecule has 27 atom stereocenters. The molecule has 11 N–H and O–H groups in total. The van der Waals surface area contributed by atoms with Crippen LogP contribution in [0, 0.1) is 34.5 Å². The van der Waals surface area contributed by atoms with E-state index in [-0.39, 0.29) is 30.5 Å². The van der Waals surface area contributed by atoms with Crippen molar-refractivity contribution >= 4 is 0 Å². The molecule has 3 saturated carbocycles. The van der Waals surface area contributed by atoms with Gasteiger partial charge in [0.25, 0.3) is 0 Å². The third kappa shape index (κ3) is 7.25. The molecule has 9 aliphatic rings. The first-order chi connectivity index (χ1) is 30.0. The molecule has 19 nitrogen and oxygen atoms in total. The Morgan fingerprint density at radius 3 is 2.00 bits per heavy atom. The van der Waals surface area contributed by atoms with E-state index >= 15 is 0 Å². The van der Waals surface area contributed by atoms with E-state index in [1.54, 1.807) is 6.92 Å². The highest BCUT2D eigenvalue weighted by atomic mass is 16.8. The van der Waals surface area contributed by atoms with Gasteiger partial charge in [-0.3, -0.25) is 0 Å². The van der Waals surface area contributed by atoms with Gasteiger partial charge < -0.3 is 94.1 Å². The largest absolute Gasteiger partial charge is 0.394 e. The molecule has 0 aromatic carbocycles. The Labute approximate surface area is 373 Å². The van der Waals surface area contributed by atoms with Crippen molar-refractivity contribution in [1.82, 2.24) is 0 Å². The average Bonchev–Trinajstić information content (AvgIpc) is 3.61. The van der Waals surface area contributed by atoms with E-state index in [1.807, 2.05) is 6.92 Å². The van der Waals surface area contributed by atoms with E-state index in [1.165, 1.54) is 19.4 Å². The molecule has 5 saturated heterocycles. The van der Waals surface area contributed by atoms with Crippen molar-refractivity contribution in [2.45, 2.75) is 220 Å². The zero-order chi connectivity index (χ0) is 46.2. The summed E-state index contributed by atoms with van der Waals surface area (Å²) in [7, 11) is 0. The SMILES string of the molecule is C[C@@H]1O[C@@H](O[C@@H]2[C@@H](O)[C@@H](O)[C@H](O[C@H]3[C@H](O)[C@@H](O)[C@H](O[C@H]4CC[C@@]5(C)C(=CC[C@@H]6[C@@H]5CC[C@@]5(C)[C@H]6C[C@@H]6O[C@@]7(OC[C@@](C)(O)C[C@@H]7O)[C@@H](C)[C@@]65O)C4)O[C@@H]3CO)O[C@H]2C)[C@H](O)[C@H](O)[C@H]1O. The van der Waals surface area contributed by atoms with E-state index in [0.29, 0.717) is 31.1 Å². The first-order valence-corrected chi connectivity index (χ1v) is 23.5. The summed E-state index contributed by atoms with van der Waals surface area (Å²) in [5.41, 5.74) is -1.76. The summed E-state index contributed by atoms with van der Waals surface area (Å²) in [6, 6.07) is 0. The van der Waals surface area contributed by atoms with E-state index in [4.69, 9.17) is 37.9 Å². The summed E-state index contributed by atoms with van der Waals surface area (Å²) < 4.78 is 48.1. The molecule has 0 aromatic rings. The van der Waals surface area contributed by atoms with E-state index < -0.39 is 139 Å². The smallest absolute Gasteiger partial charge is 0.200 e. The quantitative estimate of drug-likeness (QED) is 0.129. The molecule has 0 aromatic heterocycles. The first kappa shape index (κ1) is 48.0. The minimum atomic E-state index is -1.78.